The third-order valence-electron chi connectivity index (χ3n) is 2.84. The number of ether oxygens (including phenoxy) is 1. The van der Waals surface area contributed by atoms with Crippen LogP contribution < -0.4 is 0 Å². The summed E-state index contributed by atoms with van der Waals surface area (Å²) in [5, 5.41) is 0.534. The van der Waals surface area contributed by atoms with Gasteiger partial charge in [-0.1, -0.05) is 11.6 Å². The van der Waals surface area contributed by atoms with E-state index in [0.29, 0.717) is 28.2 Å². The van der Waals surface area contributed by atoms with Gasteiger partial charge >= 0.3 is 0 Å². The summed E-state index contributed by atoms with van der Waals surface area (Å²) >= 11 is 9.20. The van der Waals surface area contributed by atoms with E-state index in [0.717, 1.165) is 0 Å². The Morgan fingerprint density at radius 2 is 2.00 bits per heavy atom. The zero-order chi connectivity index (χ0) is 16.0. The summed E-state index contributed by atoms with van der Waals surface area (Å²) < 4.78 is 5.60. The molecule has 5 nitrogen and oxygen atoms in total. The van der Waals surface area contributed by atoms with E-state index in [1.807, 2.05) is 0 Å². The van der Waals surface area contributed by atoms with Crippen molar-refractivity contribution in [2.24, 2.45) is 0 Å². The number of carbonyl (C=O) groups is 2. The molecule has 0 aliphatic heterocycles. The summed E-state index contributed by atoms with van der Waals surface area (Å²) in [5.74, 6) is -0.393. The molecule has 0 aliphatic rings. The topological polar surface area (TPSA) is 49.9 Å². The molecule has 0 radical (unpaired) electrons. The normalized spacial score (nSPS) is 10.3. The van der Waals surface area contributed by atoms with E-state index in [4.69, 9.17) is 16.3 Å². The Kier molecular flexibility index (Phi) is 7.14. The van der Waals surface area contributed by atoms with Crippen molar-refractivity contribution in [2.45, 2.75) is 0 Å². The summed E-state index contributed by atoms with van der Waals surface area (Å²) in [5.41, 5.74) is 0.460. The molecule has 2 amide bonds. The Balaban J connectivity index is 2.95. The van der Waals surface area contributed by atoms with Gasteiger partial charge in [-0.15, -0.1) is 0 Å². The van der Waals surface area contributed by atoms with E-state index in [1.165, 1.54) is 9.80 Å². The largest absolute Gasteiger partial charge is 0.383 e. The summed E-state index contributed by atoms with van der Waals surface area (Å²) in [6.45, 7) is 0.700. The Hall–Kier alpha value is -1.11. The van der Waals surface area contributed by atoms with Crippen LogP contribution in [0.1, 0.15) is 10.4 Å². The van der Waals surface area contributed by atoms with Gasteiger partial charge in [0.2, 0.25) is 5.91 Å². The highest BCUT2D eigenvalue weighted by Crippen LogP contribution is 2.22. The first-order chi connectivity index (χ1) is 9.86. The number of amides is 2. The number of benzene rings is 1. The summed E-state index contributed by atoms with van der Waals surface area (Å²) in [4.78, 5) is 27.3. The molecule has 0 saturated carbocycles. The fourth-order valence-electron chi connectivity index (χ4n) is 1.59. The zero-order valence-corrected chi connectivity index (χ0v) is 14.6. The maximum Gasteiger partial charge on any atom is 0.255 e. The number of methoxy groups -OCH3 is 1. The molecule has 1 aromatic rings. The molecule has 116 valence electrons. The number of carbonyl (C=O) groups excluding carboxylic acids is 2. The van der Waals surface area contributed by atoms with E-state index in [-0.39, 0.29) is 18.4 Å². The molecule has 0 N–H and O–H groups in total. The Morgan fingerprint density at radius 1 is 1.33 bits per heavy atom. The van der Waals surface area contributed by atoms with Crippen LogP contribution in [0.4, 0.5) is 0 Å². The van der Waals surface area contributed by atoms with E-state index in [2.05, 4.69) is 15.9 Å². The molecular formula is C14H18BrClN2O3. The summed E-state index contributed by atoms with van der Waals surface area (Å²) in [6, 6.07) is 4.92. The lowest BCUT2D eigenvalue weighted by Gasteiger charge is -2.24. The Morgan fingerprint density at radius 3 is 2.52 bits per heavy atom. The highest BCUT2D eigenvalue weighted by atomic mass is 79.9. The van der Waals surface area contributed by atoms with Crippen LogP contribution in [0.15, 0.2) is 22.7 Å². The van der Waals surface area contributed by atoms with Crippen molar-refractivity contribution < 1.29 is 14.3 Å². The van der Waals surface area contributed by atoms with Crippen molar-refractivity contribution in [3.63, 3.8) is 0 Å². The second-order valence-corrected chi connectivity index (χ2v) is 5.92. The SMILES string of the molecule is COCCN(CC(=O)N(C)C)C(=O)c1ccc(Cl)cc1Br. The van der Waals surface area contributed by atoms with Gasteiger partial charge in [0.25, 0.3) is 5.91 Å². The molecular weight excluding hydrogens is 360 g/mol. The lowest BCUT2D eigenvalue weighted by Crippen LogP contribution is -2.42. The van der Waals surface area contributed by atoms with Crippen LogP contribution >= 0.6 is 27.5 Å². The van der Waals surface area contributed by atoms with Crippen LogP contribution in [0.3, 0.4) is 0 Å². The minimum Gasteiger partial charge on any atom is -0.383 e. The second kappa shape index (κ2) is 8.36. The number of halogens is 2. The van der Waals surface area contributed by atoms with Gasteiger partial charge in [-0.05, 0) is 34.1 Å². The van der Waals surface area contributed by atoms with E-state index >= 15 is 0 Å². The first-order valence-corrected chi connectivity index (χ1v) is 7.47. The van der Waals surface area contributed by atoms with Gasteiger partial charge in [0, 0.05) is 37.2 Å². The first kappa shape index (κ1) is 17.9. The van der Waals surface area contributed by atoms with Gasteiger partial charge < -0.3 is 14.5 Å². The van der Waals surface area contributed by atoms with Gasteiger partial charge in [-0.25, -0.2) is 0 Å². The zero-order valence-electron chi connectivity index (χ0n) is 12.2. The quantitative estimate of drug-likeness (QED) is 0.764. The first-order valence-electron chi connectivity index (χ1n) is 6.30. The smallest absolute Gasteiger partial charge is 0.255 e. The molecule has 0 saturated heterocycles. The molecule has 0 spiro atoms. The average molecular weight is 378 g/mol. The Bertz CT molecular complexity index is 523. The molecule has 0 aliphatic carbocycles. The third-order valence-corrected chi connectivity index (χ3v) is 3.73. The monoisotopic (exact) mass is 376 g/mol. The van der Waals surface area contributed by atoms with Gasteiger partial charge in [-0.3, -0.25) is 9.59 Å². The minimum absolute atomic E-state index is 0.00423. The number of rotatable bonds is 6. The molecule has 0 aromatic heterocycles. The van der Waals surface area contributed by atoms with E-state index in [1.54, 1.807) is 39.4 Å². The molecule has 0 unspecified atom stereocenters. The fourth-order valence-corrected chi connectivity index (χ4v) is 2.44. The molecule has 0 bridgehead atoms. The van der Waals surface area contributed by atoms with E-state index < -0.39 is 0 Å². The molecule has 0 fully saturated rings. The molecule has 0 atom stereocenters. The standard InChI is InChI=1S/C14H18BrClN2O3/c1-17(2)13(19)9-18(6-7-21-3)14(20)11-5-4-10(16)8-12(11)15/h4-5,8H,6-7,9H2,1-3H3. The fraction of sp³-hybridized carbons (Fsp3) is 0.429. The molecule has 21 heavy (non-hydrogen) atoms. The third kappa shape index (κ3) is 5.30. The van der Waals surface area contributed by atoms with Gasteiger partial charge in [-0.2, -0.15) is 0 Å². The van der Waals surface area contributed by atoms with Crippen molar-refractivity contribution in [3.8, 4) is 0 Å². The number of likely N-dealkylation sites (N-methyl/N-ethyl adjacent to an activating group) is 1. The molecule has 1 aromatic carbocycles. The lowest BCUT2D eigenvalue weighted by molar-refractivity contribution is -0.129. The maximum atomic E-state index is 12.6. The van der Waals surface area contributed by atoms with Crippen LogP contribution in [0.25, 0.3) is 0 Å². The number of nitrogens with zero attached hydrogens (tertiary/aromatic N) is 2. The van der Waals surface area contributed by atoms with Crippen molar-refractivity contribution in [1.82, 2.24) is 9.80 Å². The lowest BCUT2D eigenvalue weighted by atomic mass is 10.2. The van der Waals surface area contributed by atoms with Crippen molar-refractivity contribution in [3.05, 3.63) is 33.3 Å². The maximum absolute atomic E-state index is 12.6. The van der Waals surface area contributed by atoms with Crippen molar-refractivity contribution >= 4 is 39.3 Å². The highest BCUT2D eigenvalue weighted by molar-refractivity contribution is 9.10. The van der Waals surface area contributed by atoms with Crippen molar-refractivity contribution in [1.29, 1.82) is 0 Å². The highest BCUT2D eigenvalue weighted by Gasteiger charge is 2.21. The van der Waals surface area contributed by atoms with Crippen LogP contribution in [0.5, 0.6) is 0 Å². The number of hydrogen-bond acceptors (Lipinski definition) is 3. The molecule has 0 heterocycles. The van der Waals surface area contributed by atoms with Gasteiger partial charge in [0.05, 0.1) is 12.2 Å². The van der Waals surface area contributed by atoms with Crippen LogP contribution in [0.2, 0.25) is 5.02 Å². The predicted octanol–water partition coefficient (Wildman–Crippen LogP) is 2.28. The Labute approximate surface area is 137 Å². The van der Waals surface area contributed by atoms with E-state index in [9.17, 15) is 9.59 Å². The molecule has 1 rings (SSSR count). The summed E-state index contributed by atoms with van der Waals surface area (Å²) in [6.07, 6.45) is 0. The number of hydrogen-bond donors (Lipinski definition) is 0. The predicted molar refractivity (Wildman–Crippen MR) is 85.6 cm³/mol. The van der Waals surface area contributed by atoms with Gasteiger partial charge in [0.15, 0.2) is 0 Å². The van der Waals surface area contributed by atoms with Crippen LogP contribution in [0, 0.1) is 0 Å². The van der Waals surface area contributed by atoms with Crippen molar-refractivity contribution in [2.75, 3.05) is 40.9 Å². The van der Waals surface area contributed by atoms with Crippen LogP contribution in [-0.4, -0.2) is 62.5 Å². The second-order valence-electron chi connectivity index (χ2n) is 4.63. The summed E-state index contributed by atoms with van der Waals surface area (Å²) in [7, 11) is 4.85. The average Bonchev–Trinajstić information content (AvgIpc) is 2.42. The van der Waals surface area contributed by atoms with Crippen LogP contribution in [-0.2, 0) is 9.53 Å². The van der Waals surface area contributed by atoms with Gasteiger partial charge in [0.1, 0.15) is 6.54 Å². The minimum atomic E-state index is -0.245. The molecule has 7 heteroatoms.